The summed E-state index contributed by atoms with van der Waals surface area (Å²) in [4.78, 5) is 14.5. The van der Waals surface area contributed by atoms with Gasteiger partial charge in [0.2, 0.25) is 0 Å². The van der Waals surface area contributed by atoms with Gasteiger partial charge in [-0.25, -0.2) is 4.98 Å². The number of nitrogen functional groups attached to an aromatic ring is 1. The molecule has 0 radical (unpaired) electrons. The average molecular weight is 238 g/mol. The normalized spacial score (nSPS) is 8.82. The average Bonchev–Trinajstić information content (AvgIpc) is 2.34. The van der Waals surface area contributed by atoms with Crippen molar-refractivity contribution >= 4 is 39.2 Å². The summed E-state index contributed by atoms with van der Waals surface area (Å²) >= 11 is 1.24. The number of nitrogens with two attached hydrogens (primary N) is 2. The highest BCUT2D eigenvalue weighted by Crippen LogP contribution is 2.10. The lowest BCUT2D eigenvalue weighted by atomic mass is 10.3. The monoisotopic (exact) mass is 237 g/mol. The minimum Gasteiger partial charge on any atom is -0.375 e. The summed E-state index contributed by atoms with van der Waals surface area (Å²) < 4.78 is 0. The van der Waals surface area contributed by atoms with E-state index in [0.29, 0.717) is 10.8 Å². The maximum atomic E-state index is 10.8. The molecule has 0 amide bonds. The van der Waals surface area contributed by atoms with Gasteiger partial charge in [0.25, 0.3) is 0 Å². The van der Waals surface area contributed by atoms with Gasteiger partial charge in [0.1, 0.15) is 5.69 Å². The van der Waals surface area contributed by atoms with Crippen LogP contribution in [0.2, 0.25) is 0 Å². The first kappa shape index (κ1) is 10.5. The zero-order valence-electron chi connectivity index (χ0n) is 5.61. The SMILES string of the molecule is Br.NCC(=O)c1csc(N)n1. The molecule has 11 heavy (non-hydrogen) atoms. The largest absolute Gasteiger partial charge is 0.375 e. The van der Waals surface area contributed by atoms with E-state index in [1.807, 2.05) is 0 Å². The summed E-state index contributed by atoms with van der Waals surface area (Å²) in [5, 5.41) is 2.00. The molecule has 0 aliphatic heterocycles. The lowest BCUT2D eigenvalue weighted by molar-refractivity contribution is 0.0997. The number of ketones is 1. The molecule has 0 bridgehead atoms. The molecule has 0 spiro atoms. The Kier molecular flexibility index (Phi) is 4.24. The Bertz CT molecular complexity index is 250. The maximum absolute atomic E-state index is 10.8. The van der Waals surface area contributed by atoms with E-state index in [9.17, 15) is 4.79 Å². The second-order valence-corrected chi connectivity index (χ2v) is 2.59. The molecule has 0 atom stereocenters. The summed E-state index contributed by atoms with van der Waals surface area (Å²) in [6.45, 7) is -0.0107. The molecule has 0 aliphatic rings. The number of rotatable bonds is 2. The fourth-order valence-electron chi connectivity index (χ4n) is 0.520. The molecule has 0 aliphatic carbocycles. The van der Waals surface area contributed by atoms with E-state index in [2.05, 4.69) is 4.98 Å². The molecular formula is C5H8BrN3OS. The molecule has 6 heteroatoms. The Balaban J connectivity index is 0.000001000. The molecule has 4 nitrogen and oxygen atoms in total. The van der Waals surface area contributed by atoms with Gasteiger partial charge in [0, 0.05) is 5.38 Å². The van der Waals surface area contributed by atoms with Crippen LogP contribution in [0.25, 0.3) is 0 Å². The Morgan fingerprint density at radius 2 is 2.36 bits per heavy atom. The first-order chi connectivity index (χ1) is 4.74. The quantitative estimate of drug-likeness (QED) is 0.732. The standard InChI is InChI=1S/C5H7N3OS.BrH/c6-1-4(9)3-2-10-5(7)8-3;/h2H,1,6H2,(H2,7,8);1H. The van der Waals surface area contributed by atoms with Gasteiger partial charge < -0.3 is 11.5 Å². The number of aromatic nitrogens is 1. The van der Waals surface area contributed by atoms with E-state index in [1.165, 1.54) is 11.3 Å². The van der Waals surface area contributed by atoms with Crippen LogP contribution in [0.3, 0.4) is 0 Å². The molecule has 4 N–H and O–H groups in total. The van der Waals surface area contributed by atoms with Crippen LogP contribution < -0.4 is 11.5 Å². The minimum absolute atomic E-state index is 0. The van der Waals surface area contributed by atoms with Crippen molar-refractivity contribution in [3.8, 4) is 0 Å². The molecule has 1 aromatic rings. The van der Waals surface area contributed by atoms with Gasteiger partial charge in [-0.15, -0.1) is 28.3 Å². The van der Waals surface area contributed by atoms with Gasteiger partial charge in [-0.1, -0.05) is 0 Å². The zero-order valence-corrected chi connectivity index (χ0v) is 8.14. The zero-order chi connectivity index (χ0) is 7.56. The number of anilines is 1. The van der Waals surface area contributed by atoms with Gasteiger partial charge in [-0.05, 0) is 0 Å². The van der Waals surface area contributed by atoms with Gasteiger partial charge in [-0.3, -0.25) is 4.79 Å². The fourth-order valence-corrected chi connectivity index (χ4v) is 1.09. The summed E-state index contributed by atoms with van der Waals surface area (Å²) in [5.74, 6) is -0.173. The van der Waals surface area contributed by atoms with Crippen LogP contribution in [-0.2, 0) is 0 Å². The lowest BCUT2D eigenvalue weighted by Crippen LogP contribution is -2.13. The molecule has 1 rings (SSSR count). The van der Waals surface area contributed by atoms with E-state index < -0.39 is 0 Å². The minimum atomic E-state index is -0.173. The van der Waals surface area contributed by atoms with Gasteiger partial charge >= 0.3 is 0 Å². The number of carbonyl (C=O) groups is 1. The smallest absolute Gasteiger partial charge is 0.195 e. The maximum Gasteiger partial charge on any atom is 0.195 e. The third-order valence-electron chi connectivity index (χ3n) is 0.993. The molecule has 1 aromatic heterocycles. The highest BCUT2D eigenvalue weighted by Gasteiger charge is 2.05. The Morgan fingerprint density at radius 1 is 1.73 bits per heavy atom. The van der Waals surface area contributed by atoms with E-state index in [4.69, 9.17) is 11.5 Å². The fraction of sp³-hybridized carbons (Fsp3) is 0.200. The van der Waals surface area contributed by atoms with Crippen molar-refractivity contribution in [1.82, 2.24) is 4.98 Å². The van der Waals surface area contributed by atoms with E-state index >= 15 is 0 Å². The van der Waals surface area contributed by atoms with Gasteiger partial charge in [0.15, 0.2) is 10.9 Å². The molecule has 1 heterocycles. The third-order valence-corrected chi connectivity index (χ3v) is 1.67. The Labute approximate surface area is 78.4 Å². The van der Waals surface area contributed by atoms with E-state index in [1.54, 1.807) is 5.38 Å². The van der Waals surface area contributed by atoms with Crippen LogP contribution in [0.4, 0.5) is 5.13 Å². The van der Waals surface area contributed by atoms with Crippen molar-refractivity contribution in [1.29, 1.82) is 0 Å². The van der Waals surface area contributed by atoms with Crippen LogP contribution in [0.15, 0.2) is 5.38 Å². The first-order valence-corrected chi connectivity index (χ1v) is 3.56. The second-order valence-electron chi connectivity index (χ2n) is 1.70. The summed E-state index contributed by atoms with van der Waals surface area (Å²) in [7, 11) is 0. The predicted octanol–water partition coefficient (Wildman–Crippen LogP) is 0.445. The number of nitrogens with zero attached hydrogens (tertiary/aromatic N) is 1. The summed E-state index contributed by atoms with van der Waals surface area (Å²) in [5.41, 5.74) is 10.7. The number of carbonyl (C=O) groups excluding carboxylic acids is 1. The molecule has 0 unspecified atom stereocenters. The van der Waals surface area contributed by atoms with Gasteiger partial charge in [-0.2, -0.15) is 0 Å². The van der Waals surface area contributed by atoms with Crippen molar-refractivity contribution in [3.63, 3.8) is 0 Å². The molecule has 0 saturated carbocycles. The van der Waals surface area contributed by atoms with Crippen LogP contribution in [0.5, 0.6) is 0 Å². The number of hydrogen-bond donors (Lipinski definition) is 2. The molecule has 62 valence electrons. The van der Waals surface area contributed by atoms with Crippen molar-refractivity contribution in [2.24, 2.45) is 5.73 Å². The van der Waals surface area contributed by atoms with Crippen molar-refractivity contribution in [3.05, 3.63) is 11.1 Å². The van der Waals surface area contributed by atoms with E-state index in [-0.39, 0.29) is 29.3 Å². The molecule has 0 fully saturated rings. The lowest BCUT2D eigenvalue weighted by Gasteiger charge is -1.86. The number of thiazole rings is 1. The van der Waals surface area contributed by atoms with Crippen molar-refractivity contribution in [2.75, 3.05) is 12.3 Å². The molecule has 0 saturated heterocycles. The van der Waals surface area contributed by atoms with Crippen LogP contribution in [-0.4, -0.2) is 17.3 Å². The summed E-state index contributed by atoms with van der Waals surface area (Å²) in [6.07, 6.45) is 0. The second kappa shape index (κ2) is 4.42. The third kappa shape index (κ3) is 2.57. The van der Waals surface area contributed by atoms with Crippen LogP contribution in [0, 0.1) is 0 Å². The number of halogens is 1. The Hall–Kier alpha value is -0.460. The van der Waals surface area contributed by atoms with Crippen LogP contribution >= 0.6 is 28.3 Å². The number of Topliss-reactive ketones (excluding diaryl/α,β-unsaturated/α-hetero) is 1. The predicted molar refractivity (Wildman–Crippen MR) is 50.2 cm³/mol. The van der Waals surface area contributed by atoms with Gasteiger partial charge in [0.05, 0.1) is 6.54 Å². The number of hydrogen-bond acceptors (Lipinski definition) is 5. The van der Waals surface area contributed by atoms with Crippen LogP contribution in [0.1, 0.15) is 10.5 Å². The highest BCUT2D eigenvalue weighted by atomic mass is 79.9. The highest BCUT2D eigenvalue weighted by molar-refractivity contribution is 8.93. The summed E-state index contributed by atoms with van der Waals surface area (Å²) in [6, 6.07) is 0. The Morgan fingerprint density at radius 3 is 2.73 bits per heavy atom. The van der Waals surface area contributed by atoms with Crippen molar-refractivity contribution < 1.29 is 4.79 Å². The molecule has 0 aromatic carbocycles. The van der Waals surface area contributed by atoms with Crippen molar-refractivity contribution in [2.45, 2.75) is 0 Å². The van der Waals surface area contributed by atoms with E-state index in [0.717, 1.165) is 0 Å². The first-order valence-electron chi connectivity index (χ1n) is 2.68. The molecular weight excluding hydrogens is 230 g/mol. The topological polar surface area (TPSA) is 82.0 Å².